The minimum atomic E-state index is 0.529. The van der Waals surface area contributed by atoms with Crippen LogP contribution in [0.2, 0.25) is 5.02 Å². The first-order valence-electron chi connectivity index (χ1n) is 4.81. The number of hydrogen-bond acceptors (Lipinski definition) is 3. The second-order valence-electron chi connectivity index (χ2n) is 3.39. The van der Waals surface area contributed by atoms with Crippen LogP contribution in [0.3, 0.4) is 0 Å². The zero-order valence-electron chi connectivity index (χ0n) is 7.87. The van der Waals surface area contributed by atoms with Crippen LogP contribution in [-0.4, -0.2) is 22.5 Å². The zero-order chi connectivity index (χ0) is 9.80. The predicted octanol–water partition coefficient (Wildman–Crippen LogP) is 3.04. The quantitative estimate of drug-likeness (QED) is 0.843. The smallest absolute Gasteiger partial charge is 0.144 e. The van der Waals surface area contributed by atoms with Crippen molar-refractivity contribution in [1.82, 2.24) is 4.98 Å². The van der Waals surface area contributed by atoms with Gasteiger partial charge in [0.2, 0.25) is 0 Å². The minimum absolute atomic E-state index is 0.529. The topological polar surface area (TPSA) is 24.9 Å². The predicted molar refractivity (Wildman–Crippen MR) is 63.2 cm³/mol. The van der Waals surface area contributed by atoms with Gasteiger partial charge in [0.1, 0.15) is 5.82 Å². The Labute approximate surface area is 93.4 Å². The summed E-state index contributed by atoms with van der Waals surface area (Å²) in [5, 5.41) is 4.10. The van der Waals surface area contributed by atoms with Crippen LogP contribution < -0.4 is 5.32 Å². The van der Waals surface area contributed by atoms with Gasteiger partial charge >= 0.3 is 0 Å². The lowest BCUT2D eigenvalue weighted by molar-refractivity contribution is 0.682. The molecule has 14 heavy (non-hydrogen) atoms. The number of nitrogens with zero attached hydrogens (tertiary/aromatic N) is 1. The van der Waals surface area contributed by atoms with Crippen LogP contribution in [0.25, 0.3) is 0 Å². The molecule has 0 saturated carbocycles. The summed E-state index contributed by atoms with van der Waals surface area (Å²) in [6.07, 6.45) is 4.27. The van der Waals surface area contributed by atoms with Crippen LogP contribution in [-0.2, 0) is 0 Å². The second-order valence-corrected chi connectivity index (χ2v) is 4.95. The highest BCUT2D eigenvalue weighted by atomic mass is 35.5. The molecular formula is C10H13ClN2S. The van der Waals surface area contributed by atoms with Gasteiger partial charge in [-0.1, -0.05) is 11.6 Å². The number of aromatic nitrogens is 1. The van der Waals surface area contributed by atoms with E-state index in [0.29, 0.717) is 11.1 Å². The van der Waals surface area contributed by atoms with Gasteiger partial charge in [0.15, 0.2) is 0 Å². The first-order valence-corrected chi connectivity index (χ1v) is 6.34. The Morgan fingerprint density at radius 2 is 2.50 bits per heavy atom. The normalized spacial score (nSPS) is 21.9. The van der Waals surface area contributed by atoms with E-state index in [9.17, 15) is 0 Å². The molecule has 2 heterocycles. The number of nitrogens with one attached hydrogen (secondary N) is 1. The molecule has 0 spiro atoms. The fourth-order valence-corrected chi connectivity index (χ4v) is 2.79. The second kappa shape index (κ2) is 4.89. The van der Waals surface area contributed by atoms with Crippen LogP contribution >= 0.6 is 23.4 Å². The lowest BCUT2D eigenvalue weighted by atomic mass is 10.2. The van der Waals surface area contributed by atoms with Crippen molar-refractivity contribution in [3.05, 3.63) is 23.4 Å². The Kier molecular flexibility index (Phi) is 3.54. The molecule has 76 valence electrons. The summed E-state index contributed by atoms with van der Waals surface area (Å²) in [4.78, 5) is 4.22. The van der Waals surface area contributed by atoms with E-state index in [1.807, 2.05) is 23.9 Å². The van der Waals surface area contributed by atoms with Gasteiger partial charge in [-0.25, -0.2) is 4.98 Å². The van der Waals surface area contributed by atoms with Crippen molar-refractivity contribution in [2.24, 2.45) is 0 Å². The Hall–Kier alpha value is -0.410. The number of rotatable bonds is 2. The van der Waals surface area contributed by atoms with Gasteiger partial charge in [0, 0.05) is 18.0 Å². The van der Waals surface area contributed by atoms with Gasteiger partial charge in [-0.15, -0.1) is 0 Å². The SMILES string of the molecule is Clc1cccnc1NC1CCCSC1. The van der Waals surface area contributed by atoms with Gasteiger partial charge in [-0.05, 0) is 30.7 Å². The lowest BCUT2D eigenvalue weighted by Gasteiger charge is -2.23. The molecule has 1 N–H and O–H groups in total. The summed E-state index contributed by atoms with van der Waals surface area (Å²) in [5.41, 5.74) is 0. The monoisotopic (exact) mass is 228 g/mol. The molecule has 0 radical (unpaired) electrons. The molecule has 1 aromatic rings. The summed E-state index contributed by atoms with van der Waals surface area (Å²) >= 11 is 8.01. The average molecular weight is 229 g/mol. The van der Waals surface area contributed by atoms with E-state index < -0.39 is 0 Å². The Bertz CT molecular complexity index is 300. The van der Waals surface area contributed by atoms with Crippen molar-refractivity contribution in [2.45, 2.75) is 18.9 Å². The van der Waals surface area contributed by atoms with Crippen molar-refractivity contribution in [3.63, 3.8) is 0 Å². The van der Waals surface area contributed by atoms with Crippen LogP contribution in [0, 0.1) is 0 Å². The number of pyridine rings is 1. The molecule has 2 rings (SSSR count). The molecule has 1 saturated heterocycles. The van der Waals surface area contributed by atoms with Crippen molar-refractivity contribution < 1.29 is 0 Å². The van der Waals surface area contributed by atoms with Gasteiger partial charge in [-0.2, -0.15) is 11.8 Å². The van der Waals surface area contributed by atoms with Crippen molar-refractivity contribution in [3.8, 4) is 0 Å². The first kappa shape index (κ1) is 10.1. The van der Waals surface area contributed by atoms with E-state index in [1.165, 1.54) is 18.6 Å². The van der Waals surface area contributed by atoms with Crippen LogP contribution in [0.5, 0.6) is 0 Å². The van der Waals surface area contributed by atoms with Gasteiger partial charge in [0.25, 0.3) is 0 Å². The van der Waals surface area contributed by atoms with E-state index in [1.54, 1.807) is 6.20 Å². The Morgan fingerprint density at radius 3 is 3.21 bits per heavy atom. The minimum Gasteiger partial charge on any atom is -0.365 e. The molecule has 0 bridgehead atoms. The highest BCUT2D eigenvalue weighted by molar-refractivity contribution is 7.99. The average Bonchev–Trinajstić information content (AvgIpc) is 2.23. The summed E-state index contributed by atoms with van der Waals surface area (Å²) in [6, 6.07) is 4.25. The van der Waals surface area contributed by atoms with E-state index in [-0.39, 0.29) is 0 Å². The maximum absolute atomic E-state index is 6.01. The van der Waals surface area contributed by atoms with Gasteiger partial charge < -0.3 is 5.32 Å². The lowest BCUT2D eigenvalue weighted by Crippen LogP contribution is -2.26. The van der Waals surface area contributed by atoms with Gasteiger partial charge in [0.05, 0.1) is 5.02 Å². The van der Waals surface area contributed by atoms with Crippen LogP contribution in [0.15, 0.2) is 18.3 Å². The fraction of sp³-hybridized carbons (Fsp3) is 0.500. The summed E-state index contributed by atoms with van der Waals surface area (Å²) < 4.78 is 0. The standard InChI is InChI=1S/C10H13ClN2S/c11-9-4-1-5-12-10(9)13-8-3-2-6-14-7-8/h1,4-5,8H,2-3,6-7H2,(H,12,13). The maximum atomic E-state index is 6.01. The molecule has 4 heteroatoms. The fourth-order valence-electron chi connectivity index (χ4n) is 1.54. The molecule has 1 aliphatic heterocycles. The number of anilines is 1. The molecule has 1 atom stereocenters. The van der Waals surface area contributed by atoms with E-state index in [4.69, 9.17) is 11.6 Å². The largest absolute Gasteiger partial charge is 0.365 e. The van der Waals surface area contributed by atoms with Crippen LogP contribution in [0.4, 0.5) is 5.82 Å². The summed E-state index contributed by atoms with van der Waals surface area (Å²) in [7, 11) is 0. The Balaban J connectivity index is 1.99. The summed E-state index contributed by atoms with van der Waals surface area (Å²) in [6.45, 7) is 0. The van der Waals surface area contributed by atoms with E-state index >= 15 is 0 Å². The molecule has 0 amide bonds. The third-order valence-electron chi connectivity index (χ3n) is 2.26. The highest BCUT2D eigenvalue weighted by Gasteiger charge is 2.14. The number of hydrogen-bond donors (Lipinski definition) is 1. The third-order valence-corrected chi connectivity index (χ3v) is 3.78. The molecule has 0 aliphatic carbocycles. The van der Waals surface area contributed by atoms with E-state index in [2.05, 4.69) is 10.3 Å². The first-order chi connectivity index (χ1) is 6.86. The number of thioether (sulfide) groups is 1. The highest BCUT2D eigenvalue weighted by Crippen LogP contribution is 2.23. The van der Waals surface area contributed by atoms with Crippen molar-refractivity contribution >= 4 is 29.2 Å². The molecule has 1 unspecified atom stereocenters. The number of halogens is 1. The third kappa shape index (κ3) is 2.55. The molecular weight excluding hydrogens is 216 g/mol. The van der Waals surface area contributed by atoms with Crippen molar-refractivity contribution in [1.29, 1.82) is 0 Å². The van der Waals surface area contributed by atoms with Crippen molar-refractivity contribution in [2.75, 3.05) is 16.8 Å². The molecule has 1 aliphatic rings. The van der Waals surface area contributed by atoms with Gasteiger partial charge in [-0.3, -0.25) is 0 Å². The maximum Gasteiger partial charge on any atom is 0.144 e. The van der Waals surface area contributed by atoms with E-state index in [0.717, 1.165) is 11.6 Å². The molecule has 1 aromatic heterocycles. The molecule has 2 nitrogen and oxygen atoms in total. The van der Waals surface area contributed by atoms with Crippen LogP contribution in [0.1, 0.15) is 12.8 Å². The molecule has 1 fully saturated rings. The Morgan fingerprint density at radius 1 is 1.57 bits per heavy atom. The molecule has 0 aromatic carbocycles. The zero-order valence-corrected chi connectivity index (χ0v) is 9.44. The summed E-state index contributed by atoms with van der Waals surface area (Å²) in [5.74, 6) is 3.27.